The molecule has 1 aliphatic rings. The first-order chi connectivity index (χ1) is 5.75. The molecule has 68 valence electrons. The molecular weight excluding hydrogens is 150 g/mol. The second-order valence-electron chi connectivity index (χ2n) is 3.32. The summed E-state index contributed by atoms with van der Waals surface area (Å²) >= 11 is 0. The maximum absolute atomic E-state index is 8.83. The Kier molecular flexibility index (Phi) is 3.50. The third kappa shape index (κ3) is 2.19. The van der Waals surface area contributed by atoms with Crippen molar-refractivity contribution in [2.45, 2.75) is 31.7 Å². The van der Waals surface area contributed by atoms with Gasteiger partial charge in [0.1, 0.15) is 0 Å². The zero-order valence-corrected chi connectivity index (χ0v) is 7.42. The molecule has 1 aliphatic carbocycles. The van der Waals surface area contributed by atoms with E-state index in [2.05, 4.69) is 12.7 Å². The highest BCUT2D eigenvalue weighted by Crippen LogP contribution is 2.21. The molecule has 0 fully saturated rings. The first kappa shape index (κ1) is 9.49. The molecule has 0 heterocycles. The van der Waals surface area contributed by atoms with Gasteiger partial charge in [-0.2, -0.15) is 0 Å². The maximum atomic E-state index is 8.83. The van der Waals surface area contributed by atoms with Crippen LogP contribution in [0.1, 0.15) is 25.7 Å². The molecule has 0 bridgehead atoms. The normalized spacial score (nSPS) is 20.0. The van der Waals surface area contributed by atoms with Crippen molar-refractivity contribution in [1.82, 2.24) is 0 Å². The fourth-order valence-corrected chi connectivity index (χ4v) is 1.51. The van der Waals surface area contributed by atoms with Gasteiger partial charge in [0.25, 0.3) is 0 Å². The molecule has 2 heteroatoms. The van der Waals surface area contributed by atoms with Gasteiger partial charge in [0.15, 0.2) is 0 Å². The molecular formula is C10H17NO. The van der Waals surface area contributed by atoms with Crippen LogP contribution in [0.25, 0.3) is 0 Å². The third-order valence-corrected chi connectivity index (χ3v) is 2.37. The zero-order valence-electron chi connectivity index (χ0n) is 7.42. The van der Waals surface area contributed by atoms with Gasteiger partial charge in [-0.05, 0) is 31.3 Å². The van der Waals surface area contributed by atoms with Crippen LogP contribution < -0.4 is 5.73 Å². The fraction of sp³-hybridized carbons (Fsp3) is 0.600. The predicted molar refractivity (Wildman–Crippen MR) is 50.8 cm³/mol. The van der Waals surface area contributed by atoms with E-state index in [0.29, 0.717) is 0 Å². The number of nitrogens with two attached hydrogens (primary N) is 1. The molecule has 1 unspecified atom stereocenters. The lowest BCUT2D eigenvalue weighted by Crippen LogP contribution is -2.27. The van der Waals surface area contributed by atoms with Gasteiger partial charge < -0.3 is 10.8 Å². The van der Waals surface area contributed by atoms with Crippen LogP contribution in [0, 0.1) is 0 Å². The Morgan fingerprint density at radius 2 is 2.42 bits per heavy atom. The van der Waals surface area contributed by atoms with E-state index in [4.69, 9.17) is 10.8 Å². The van der Waals surface area contributed by atoms with E-state index in [1.54, 1.807) is 0 Å². The van der Waals surface area contributed by atoms with Crippen LogP contribution in [-0.4, -0.2) is 17.8 Å². The SMILES string of the molecule is C=C(CO)C(N)C1=CCCCC1. The Morgan fingerprint density at radius 3 is 2.92 bits per heavy atom. The molecule has 0 aromatic rings. The Labute approximate surface area is 73.8 Å². The van der Waals surface area contributed by atoms with E-state index in [1.165, 1.54) is 18.4 Å². The molecule has 0 saturated heterocycles. The van der Waals surface area contributed by atoms with Gasteiger partial charge in [-0.25, -0.2) is 0 Å². The Bertz CT molecular complexity index is 196. The van der Waals surface area contributed by atoms with E-state index in [1.807, 2.05) is 0 Å². The summed E-state index contributed by atoms with van der Waals surface area (Å²) in [5.74, 6) is 0. The molecule has 12 heavy (non-hydrogen) atoms. The van der Waals surface area contributed by atoms with E-state index in [-0.39, 0.29) is 12.6 Å². The zero-order chi connectivity index (χ0) is 8.97. The molecule has 0 radical (unpaired) electrons. The lowest BCUT2D eigenvalue weighted by Gasteiger charge is -2.20. The number of allylic oxidation sites excluding steroid dienone is 1. The van der Waals surface area contributed by atoms with Crippen molar-refractivity contribution >= 4 is 0 Å². The van der Waals surface area contributed by atoms with Gasteiger partial charge >= 0.3 is 0 Å². The van der Waals surface area contributed by atoms with E-state index < -0.39 is 0 Å². The minimum absolute atomic E-state index is 0.00148. The summed E-state index contributed by atoms with van der Waals surface area (Å²) < 4.78 is 0. The lowest BCUT2D eigenvalue weighted by atomic mass is 9.91. The smallest absolute Gasteiger partial charge is 0.0657 e. The maximum Gasteiger partial charge on any atom is 0.0657 e. The highest BCUT2D eigenvalue weighted by atomic mass is 16.3. The van der Waals surface area contributed by atoms with Crippen LogP contribution in [-0.2, 0) is 0 Å². The number of hydrogen-bond donors (Lipinski definition) is 2. The van der Waals surface area contributed by atoms with Crippen molar-refractivity contribution in [2.24, 2.45) is 5.73 Å². The van der Waals surface area contributed by atoms with Crippen LogP contribution in [0.2, 0.25) is 0 Å². The van der Waals surface area contributed by atoms with E-state index >= 15 is 0 Å². The summed E-state index contributed by atoms with van der Waals surface area (Å²) in [6.45, 7) is 3.73. The van der Waals surface area contributed by atoms with Crippen molar-refractivity contribution in [1.29, 1.82) is 0 Å². The average molecular weight is 167 g/mol. The number of hydrogen-bond acceptors (Lipinski definition) is 2. The molecule has 0 aromatic heterocycles. The van der Waals surface area contributed by atoms with Crippen molar-refractivity contribution in [2.75, 3.05) is 6.61 Å². The van der Waals surface area contributed by atoms with Crippen LogP contribution in [0.5, 0.6) is 0 Å². The summed E-state index contributed by atoms with van der Waals surface area (Å²) in [5, 5.41) is 8.83. The summed E-state index contributed by atoms with van der Waals surface area (Å²) in [6, 6.07) is -0.115. The van der Waals surface area contributed by atoms with Gasteiger partial charge in [0.2, 0.25) is 0 Å². The molecule has 3 N–H and O–H groups in total. The van der Waals surface area contributed by atoms with Gasteiger partial charge in [-0.1, -0.05) is 18.2 Å². The monoisotopic (exact) mass is 167 g/mol. The summed E-state index contributed by atoms with van der Waals surface area (Å²) in [6.07, 6.45) is 6.87. The summed E-state index contributed by atoms with van der Waals surface area (Å²) in [4.78, 5) is 0. The third-order valence-electron chi connectivity index (χ3n) is 2.37. The standard InChI is InChI=1S/C10H17NO/c1-8(7-12)10(11)9-5-3-2-4-6-9/h5,10,12H,1-4,6-7,11H2. The van der Waals surface area contributed by atoms with Crippen LogP contribution in [0.4, 0.5) is 0 Å². The minimum atomic E-state index is -0.115. The fourth-order valence-electron chi connectivity index (χ4n) is 1.51. The quantitative estimate of drug-likeness (QED) is 0.623. The molecule has 2 nitrogen and oxygen atoms in total. The highest BCUT2D eigenvalue weighted by molar-refractivity contribution is 5.24. The van der Waals surface area contributed by atoms with Crippen molar-refractivity contribution in [3.05, 3.63) is 23.8 Å². The largest absolute Gasteiger partial charge is 0.392 e. The summed E-state index contributed by atoms with van der Waals surface area (Å²) in [5.41, 5.74) is 7.85. The van der Waals surface area contributed by atoms with Crippen LogP contribution >= 0.6 is 0 Å². The Morgan fingerprint density at radius 1 is 1.67 bits per heavy atom. The molecule has 1 atom stereocenters. The van der Waals surface area contributed by atoms with Gasteiger partial charge in [-0.3, -0.25) is 0 Å². The van der Waals surface area contributed by atoms with Crippen LogP contribution in [0.15, 0.2) is 23.8 Å². The van der Waals surface area contributed by atoms with Crippen molar-refractivity contribution < 1.29 is 5.11 Å². The summed E-state index contributed by atoms with van der Waals surface area (Å²) in [7, 11) is 0. The van der Waals surface area contributed by atoms with Crippen molar-refractivity contribution in [3.8, 4) is 0 Å². The predicted octanol–water partition coefficient (Wildman–Crippen LogP) is 1.36. The first-order valence-electron chi connectivity index (χ1n) is 4.48. The number of aliphatic hydroxyl groups excluding tert-OH is 1. The Balaban J connectivity index is 2.56. The second-order valence-corrected chi connectivity index (χ2v) is 3.32. The van der Waals surface area contributed by atoms with Gasteiger partial charge in [-0.15, -0.1) is 0 Å². The molecule has 0 spiro atoms. The van der Waals surface area contributed by atoms with Gasteiger partial charge in [0.05, 0.1) is 6.61 Å². The van der Waals surface area contributed by atoms with E-state index in [9.17, 15) is 0 Å². The Hall–Kier alpha value is -0.600. The highest BCUT2D eigenvalue weighted by Gasteiger charge is 2.13. The molecule has 0 aliphatic heterocycles. The number of aliphatic hydroxyl groups is 1. The molecule has 0 amide bonds. The van der Waals surface area contributed by atoms with Crippen LogP contribution in [0.3, 0.4) is 0 Å². The molecule has 0 aromatic carbocycles. The topological polar surface area (TPSA) is 46.2 Å². The lowest BCUT2D eigenvalue weighted by molar-refractivity contribution is 0.325. The molecule has 1 rings (SSSR count). The van der Waals surface area contributed by atoms with E-state index in [0.717, 1.165) is 18.4 Å². The van der Waals surface area contributed by atoms with Gasteiger partial charge in [0, 0.05) is 6.04 Å². The second kappa shape index (κ2) is 4.43. The van der Waals surface area contributed by atoms with Crippen molar-refractivity contribution in [3.63, 3.8) is 0 Å². The average Bonchev–Trinajstić information content (AvgIpc) is 2.17. The first-order valence-corrected chi connectivity index (χ1v) is 4.48. The number of rotatable bonds is 3. The molecule has 0 saturated carbocycles. The minimum Gasteiger partial charge on any atom is -0.392 e.